The topological polar surface area (TPSA) is 64.6 Å². The highest BCUT2D eigenvalue weighted by atomic mass is 19.4. The lowest BCUT2D eigenvalue weighted by Gasteiger charge is -2.38. The summed E-state index contributed by atoms with van der Waals surface area (Å²) < 4.78 is 52.4. The Morgan fingerprint density at radius 2 is 2.03 bits per heavy atom. The molecule has 1 aromatic rings. The Bertz CT molecular complexity index is 944. The molecule has 8 heteroatoms. The van der Waals surface area contributed by atoms with E-state index in [0.29, 0.717) is 24.4 Å². The molecule has 1 saturated heterocycles. The van der Waals surface area contributed by atoms with Crippen LogP contribution >= 0.6 is 0 Å². The molecule has 5 nitrogen and oxygen atoms in total. The molecule has 3 aliphatic rings. The molecule has 2 heterocycles. The number of hydrogen-bond acceptors (Lipinski definition) is 5. The number of Topliss-reactive ketones (excluding diaryl/α,β-unsaturated/α-hetero) is 1. The van der Waals surface area contributed by atoms with Crippen LogP contribution in [0.25, 0.3) is 0 Å². The lowest BCUT2D eigenvalue weighted by molar-refractivity contribution is -0.144. The smallest absolute Gasteiger partial charge is 0.416 e. The fraction of sp³-hybridized carbons (Fsp3) is 0.478. The number of benzene rings is 1. The first kappa shape index (κ1) is 21.6. The van der Waals surface area contributed by atoms with Crippen LogP contribution in [-0.2, 0) is 25.2 Å². The number of carbonyl (C=O) groups is 2. The minimum Gasteiger partial charge on any atom is -0.460 e. The number of allylic oxidation sites excluding steroid dienone is 3. The molecule has 166 valence electrons. The molecule has 1 fully saturated rings. The Morgan fingerprint density at radius 1 is 1.26 bits per heavy atom. The van der Waals surface area contributed by atoms with Gasteiger partial charge in [0.15, 0.2) is 0 Å². The summed E-state index contributed by atoms with van der Waals surface area (Å²) in [7, 11) is 0. The third-order valence-corrected chi connectivity index (χ3v) is 6.06. The molecule has 3 atom stereocenters. The molecule has 0 spiro atoms. The highest BCUT2D eigenvalue weighted by Gasteiger charge is 2.46. The standard InChI is InChI=1S/C23H24F3NO4/c1-13-19(22(29)31-12-14-6-5-11-30-14)20(21-17(27-13)9-4-10-18(21)28)15-7-2-3-8-16(15)23(24,25)26/h2-3,7-9,14,20-21,27H,4-6,10-12H2,1H3. The fourth-order valence-electron chi connectivity index (χ4n) is 4.67. The molecule has 1 aliphatic carbocycles. The maximum absolute atomic E-state index is 13.8. The van der Waals surface area contributed by atoms with Crippen molar-refractivity contribution in [3.8, 4) is 0 Å². The number of ether oxygens (including phenoxy) is 2. The SMILES string of the molecule is CC1=C(C(=O)OCC2CCCO2)C(c2ccccc2C(F)(F)F)C2C(=O)CCC=C2N1. The Balaban J connectivity index is 1.78. The van der Waals surface area contributed by atoms with Crippen LogP contribution in [0.4, 0.5) is 13.2 Å². The predicted octanol–water partition coefficient (Wildman–Crippen LogP) is 4.25. The van der Waals surface area contributed by atoms with Gasteiger partial charge >= 0.3 is 12.1 Å². The first-order valence-corrected chi connectivity index (χ1v) is 10.4. The highest BCUT2D eigenvalue weighted by Crippen LogP contribution is 2.47. The molecule has 31 heavy (non-hydrogen) atoms. The summed E-state index contributed by atoms with van der Waals surface area (Å²) in [5.41, 5.74) is 0.0675. The van der Waals surface area contributed by atoms with Gasteiger partial charge in [0.1, 0.15) is 12.4 Å². The summed E-state index contributed by atoms with van der Waals surface area (Å²) in [6.45, 7) is 2.25. The number of ketones is 1. The van der Waals surface area contributed by atoms with E-state index < -0.39 is 29.5 Å². The van der Waals surface area contributed by atoms with Gasteiger partial charge < -0.3 is 14.8 Å². The van der Waals surface area contributed by atoms with Crippen molar-refractivity contribution < 1.29 is 32.2 Å². The summed E-state index contributed by atoms with van der Waals surface area (Å²) in [6.07, 6.45) is -0.643. The van der Waals surface area contributed by atoms with Crippen molar-refractivity contribution in [2.45, 2.75) is 50.8 Å². The van der Waals surface area contributed by atoms with Crippen LogP contribution < -0.4 is 5.32 Å². The van der Waals surface area contributed by atoms with E-state index in [9.17, 15) is 22.8 Å². The van der Waals surface area contributed by atoms with Gasteiger partial charge in [-0.05, 0) is 37.8 Å². The van der Waals surface area contributed by atoms with Crippen molar-refractivity contribution >= 4 is 11.8 Å². The number of rotatable bonds is 4. The molecule has 1 aromatic carbocycles. The van der Waals surface area contributed by atoms with Gasteiger partial charge in [-0.1, -0.05) is 24.3 Å². The van der Waals surface area contributed by atoms with Crippen LogP contribution in [0.3, 0.4) is 0 Å². The normalized spacial score (nSPS) is 26.3. The van der Waals surface area contributed by atoms with E-state index in [1.807, 2.05) is 6.08 Å². The molecule has 0 radical (unpaired) electrons. The minimum atomic E-state index is -4.62. The van der Waals surface area contributed by atoms with E-state index in [1.165, 1.54) is 18.2 Å². The maximum Gasteiger partial charge on any atom is 0.416 e. The summed E-state index contributed by atoms with van der Waals surface area (Å²) in [5, 5.41) is 3.07. The Kier molecular flexibility index (Phi) is 5.92. The molecule has 4 rings (SSSR count). The maximum atomic E-state index is 13.8. The van der Waals surface area contributed by atoms with Crippen LogP contribution in [0.15, 0.2) is 47.3 Å². The van der Waals surface area contributed by atoms with Crippen LogP contribution in [0.1, 0.15) is 49.7 Å². The van der Waals surface area contributed by atoms with Crippen molar-refractivity contribution in [1.82, 2.24) is 5.32 Å². The number of carbonyl (C=O) groups excluding carboxylic acids is 2. The third kappa shape index (κ3) is 4.26. The number of esters is 1. The molecule has 1 N–H and O–H groups in total. The van der Waals surface area contributed by atoms with Gasteiger partial charge in [0.25, 0.3) is 0 Å². The Hall–Kier alpha value is -2.61. The van der Waals surface area contributed by atoms with Gasteiger partial charge in [0.05, 0.1) is 23.2 Å². The summed E-state index contributed by atoms with van der Waals surface area (Å²) in [5.74, 6) is -2.87. The largest absolute Gasteiger partial charge is 0.460 e. The second-order valence-electron chi connectivity index (χ2n) is 8.10. The van der Waals surface area contributed by atoms with E-state index in [1.54, 1.807) is 6.92 Å². The molecule has 0 bridgehead atoms. The molecular formula is C23H24F3NO4. The molecular weight excluding hydrogens is 411 g/mol. The van der Waals surface area contributed by atoms with Crippen molar-refractivity contribution in [3.63, 3.8) is 0 Å². The minimum absolute atomic E-state index is 0.0323. The molecule has 0 amide bonds. The number of halogens is 3. The lowest BCUT2D eigenvalue weighted by atomic mass is 9.70. The highest BCUT2D eigenvalue weighted by molar-refractivity contribution is 5.96. The van der Waals surface area contributed by atoms with Crippen molar-refractivity contribution in [3.05, 3.63) is 58.4 Å². The zero-order valence-corrected chi connectivity index (χ0v) is 17.1. The van der Waals surface area contributed by atoms with Crippen molar-refractivity contribution in [2.75, 3.05) is 13.2 Å². The van der Waals surface area contributed by atoms with E-state index in [4.69, 9.17) is 9.47 Å². The summed E-state index contributed by atoms with van der Waals surface area (Å²) in [6, 6.07) is 5.13. The molecule has 3 unspecified atom stereocenters. The van der Waals surface area contributed by atoms with E-state index in [0.717, 1.165) is 18.9 Å². The third-order valence-electron chi connectivity index (χ3n) is 6.06. The predicted molar refractivity (Wildman–Crippen MR) is 106 cm³/mol. The zero-order valence-electron chi connectivity index (χ0n) is 17.1. The second kappa shape index (κ2) is 8.49. The van der Waals surface area contributed by atoms with Crippen molar-refractivity contribution in [1.29, 1.82) is 0 Å². The molecule has 2 aliphatic heterocycles. The number of hydrogen-bond donors (Lipinski definition) is 1. The fourth-order valence-corrected chi connectivity index (χ4v) is 4.67. The lowest BCUT2D eigenvalue weighted by Crippen LogP contribution is -2.41. The van der Waals surface area contributed by atoms with E-state index >= 15 is 0 Å². The number of alkyl halides is 3. The number of fused-ring (bicyclic) bond motifs is 1. The Labute approximate surface area is 178 Å². The first-order chi connectivity index (χ1) is 14.8. The van der Waals surface area contributed by atoms with Gasteiger partial charge in [0, 0.05) is 30.3 Å². The van der Waals surface area contributed by atoms with Crippen LogP contribution in [0, 0.1) is 5.92 Å². The van der Waals surface area contributed by atoms with Gasteiger partial charge in [-0.2, -0.15) is 13.2 Å². The summed E-state index contributed by atoms with van der Waals surface area (Å²) >= 11 is 0. The number of nitrogens with one attached hydrogen (secondary N) is 1. The van der Waals surface area contributed by atoms with Crippen LogP contribution in [-0.4, -0.2) is 31.1 Å². The van der Waals surface area contributed by atoms with Gasteiger partial charge in [-0.15, -0.1) is 0 Å². The van der Waals surface area contributed by atoms with Crippen LogP contribution in [0.5, 0.6) is 0 Å². The van der Waals surface area contributed by atoms with Crippen LogP contribution in [0.2, 0.25) is 0 Å². The monoisotopic (exact) mass is 435 g/mol. The average Bonchev–Trinajstić information content (AvgIpc) is 3.24. The van der Waals surface area contributed by atoms with E-state index in [2.05, 4.69) is 5.32 Å². The quantitative estimate of drug-likeness (QED) is 0.717. The zero-order chi connectivity index (χ0) is 22.2. The van der Waals surface area contributed by atoms with Gasteiger partial charge in [-0.25, -0.2) is 4.79 Å². The Morgan fingerprint density at radius 3 is 2.74 bits per heavy atom. The van der Waals surface area contributed by atoms with Crippen molar-refractivity contribution in [2.24, 2.45) is 5.92 Å². The first-order valence-electron chi connectivity index (χ1n) is 10.4. The van der Waals surface area contributed by atoms with Gasteiger partial charge in [0.2, 0.25) is 0 Å². The summed E-state index contributed by atoms with van der Waals surface area (Å²) in [4.78, 5) is 26.0. The average molecular weight is 435 g/mol. The van der Waals surface area contributed by atoms with Gasteiger partial charge in [-0.3, -0.25) is 4.79 Å². The van der Waals surface area contributed by atoms with E-state index in [-0.39, 0.29) is 36.1 Å². The second-order valence-corrected chi connectivity index (χ2v) is 8.10. The molecule has 0 aromatic heterocycles. The molecule has 0 saturated carbocycles.